The Morgan fingerprint density at radius 1 is 1.47 bits per heavy atom. The summed E-state index contributed by atoms with van der Waals surface area (Å²) in [6, 6.07) is 3.80. The Morgan fingerprint density at radius 3 is 2.94 bits per heavy atom. The number of aromatic nitrogens is 2. The fourth-order valence-corrected chi connectivity index (χ4v) is 1.91. The van der Waals surface area contributed by atoms with E-state index >= 15 is 0 Å². The highest BCUT2D eigenvalue weighted by Gasteiger charge is 2.11. The number of aromatic amines is 1. The van der Waals surface area contributed by atoms with Crippen molar-refractivity contribution < 1.29 is 4.42 Å². The van der Waals surface area contributed by atoms with Gasteiger partial charge in [-0.2, -0.15) is 5.10 Å². The molecule has 0 saturated carbocycles. The second-order valence-electron chi connectivity index (χ2n) is 4.40. The molecule has 17 heavy (non-hydrogen) atoms. The molecular formula is C12H16BrN3O. The van der Waals surface area contributed by atoms with E-state index in [1.54, 1.807) is 0 Å². The maximum Gasteiger partial charge on any atom is 0.169 e. The number of halogens is 1. The number of hydrogen-bond acceptors (Lipinski definition) is 3. The summed E-state index contributed by atoms with van der Waals surface area (Å²) in [5.41, 5.74) is 2.06. The first-order valence-electron chi connectivity index (χ1n) is 5.65. The third kappa shape index (κ3) is 3.20. The fourth-order valence-electron chi connectivity index (χ4n) is 1.60. The Balaban J connectivity index is 2.07. The van der Waals surface area contributed by atoms with Gasteiger partial charge in [0, 0.05) is 12.1 Å². The lowest BCUT2D eigenvalue weighted by molar-refractivity contribution is 0.544. The molecule has 0 aliphatic carbocycles. The first-order chi connectivity index (χ1) is 8.16. The van der Waals surface area contributed by atoms with Gasteiger partial charge in [-0.15, -0.1) is 0 Å². The maximum atomic E-state index is 5.51. The van der Waals surface area contributed by atoms with Crippen molar-refractivity contribution in [3.63, 3.8) is 0 Å². The standard InChI is InChI=1S/C12H16BrN3O/c1-8(2)5-14-6-9-7-15-16-12(9)10-3-4-11(13)17-10/h3-4,7-8,14H,5-6H2,1-2H3,(H,15,16). The molecule has 0 aliphatic heterocycles. The van der Waals surface area contributed by atoms with Gasteiger partial charge in [-0.1, -0.05) is 13.8 Å². The van der Waals surface area contributed by atoms with Gasteiger partial charge >= 0.3 is 0 Å². The van der Waals surface area contributed by atoms with E-state index in [2.05, 4.69) is 45.3 Å². The molecule has 4 nitrogen and oxygen atoms in total. The van der Waals surface area contributed by atoms with Crippen LogP contribution in [-0.2, 0) is 6.54 Å². The number of furan rings is 1. The molecule has 0 fully saturated rings. The Labute approximate surface area is 109 Å². The maximum absolute atomic E-state index is 5.51. The summed E-state index contributed by atoms with van der Waals surface area (Å²) in [6.45, 7) is 6.16. The highest BCUT2D eigenvalue weighted by atomic mass is 79.9. The van der Waals surface area contributed by atoms with E-state index in [9.17, 15) is 0 Å². The van der Waals surface area contributed by atoms with Gasteiger partial charge in [0.2, 0.25) is 0 Å². The molecule has 0 atom stereocenters. The predicted octanol–water partition coefficient (Wildman–Crippen LogP) is 3.18. The number of hydrogen-bond donors (Lipinski definition) is 2. The molecule has 2 heterocycles. The molecule has 0 unspecified atom stereocenters. The third-order valence-corrected chi connectivity index (χ3v) is 2.83. The molecule has 0 radical (unpaired) electrons. The minimum Gasteiger partial charge on any atom is -0.448 e. The highest BCUT2D eigenvalue weighted by Crippen LogP contribution is 2.25. The summed E-state index contributed by atoms with van der Waals surface area (Å²) in [4.78, 5) is 0. The van der Waals surface area contributed by atoms with Crippen LogP contribution in [0.25, 0.3) is 11.5 Å². The average Bonchev–Trinajstić information content (AvgIpc) is 2.86. The van der Waals surface area contributed by atoms with Gasteiger partial charge in [0.15, 0.2) is 10.4 Å². The molecule has 0 amide bonds. The first-order valence-corrected chi connectivity index (χ1v) is 6.45. The van der Waals surface area contributed by atoms with Gasteiger partial charge in [0.05, 0.1) is 6.20 Å². The van der Waals surface area contributed by atoms with Crippen LogP contribution < -0.4 is 5.32 Å². The number of H-pyrrole nitrogens is 1. The fraction of sp³-hybridized carbons (Fsp3) is 0.417. The summed E-state index contributed by atoms with van der Waals surface area (Å²) in [5, 5.41) is 10.4. The minimum absolute atomic E-state index is 0.642. The number of rotatable bonds is 5. The third-order valence-electron chi connectivity index (χ3n) is 2.41. The molecule has 0 aromatic carbocycles. The van der Waals surface area contributed by atoms with Crippen molar-refractivity contribution in [2.24, 2.45) is 5.92 Å². The summed E-state index contributed by atoms with van der Waals surface area (Å²) in [7, 11) is 0. The molecule has 92 valence electrons. The molecule has 2 N–H and O–H groups in total. The van der Waals surface area contributed by atoms with Gasteiger partial charge < -0.3 is 9.73 Å². The summed E-state index contributed by atoms with van der Waals surface area (Å²) >= 11 is 3.30. The second kappa shape index (κ2) is 5.51. The Hall–Kier alpha value is -1.07. The summed E-state index contributed by atoms with van der Waals surface area (Å²) in [6.07, 6.45) is 1.83. The van der Waals surface area contributed by atoms with Crippen LogP contribution in [0, 0.1) is 5.92 Å². The molecule has 2 aromatic heterocycles. The van der Waals surface area contributed by atoms with E-state index in [1.165, 1.54) is 0 Å². The average molecular weight is 298 g/mol. The van der Waals surface area contributed by atoms with E-state index in [-0.39, 0.29) is 0 Å². The highest BCUT2D eigenvalue weighted by molar-refractivity contribution is 9.10. The predicted molar refractivity (Wildman–Crippen MR) is 70.5 cm³/mol. The van der Waals surface area contributed by atoms with Crippen molar-refractivity contribution in [2.45, 2.75) is 20.4 Å². The van der Waals surface area contributed by atoms with Crippen LogP contribution >= 0.6 is 15.9 Å². The monoisotopic (exact) mass is 297 g/mol. The van der Waals surface area contributed by atoms with Crippen molar-refractivity contribution in [1.29, 1.82) is 0 Å². The zero-order valence-electron chi connectivity index (χ0n) is 9.96. The van der Waals surface area contributed by atoms with Crippen molar-refractivity contribution in [2.75, 3.05) is 6.54 Å². The van der Waals surface area contributed by atoms with Crippen LogP contribution in [0.1, 0.15) is 19.4 Å². The van der Waals surface area contributed by atoms with Crippen LogP contribution in [0.4, 0.5) is 0 Å². The summed E-state index contributed by atoms with van der Waals surface area (Å²) < 4.78 is 6.24. The van der Waals surface area contributed by atoms with Gasteiger partial charge in [-0.3, -0.25) is 5.10 Å². The smallest absolute Gasteiger partial charge is 0.169 e. The summed E-state index contributed by atoms with van der Waals surface area (Å²) in [5.74, 6) is 1.44. The molecule has 5 heteroatoms. The van der Waals surface area contributed by atoms with E-state index in [4.69, 9.17) is 4.42 Å². The Kier molecular flexibility index (Phi) is 4.02. The van der Waals surface area contributed by atoms with E-state index < -0.39 is 0 Å². The van der Waals surface area contributed by atoms with Crippen LogP contribution in [0.5, 0.6) is 0 Å². The molecule has 0 aliphatic rings. The topological polar surface area (TPSA) is 53.9 Å². The van der Waals surface area contributed by atoms with Gasteiger partial charge in [0.25, 0.3) is 0 Å². The normalized spacial score (nSPS) is 11.3. The van der Waals surface area contributed by atoms with E-state index in [0.717, 1.165) is 34.8 Å². The van der Waals surface area contributed by atoms with Gasteiger partial charge in [0.1, 0.15) is 5.69 Å². The van der Waals surface area contributed by atoms with Crippen LogP contribution in [0.15, 0.2) is 27.4 Å². The quantitative estimate of drug-likeness (QED) is 0.891. The van der Waals surface area contributed by atoms with Crippen molar-refractivity contribution in [3.05, 3.63) is 28.6 Å². The largest absolute Gasteiger partial charge is 0.448 e. The van der Waals surface area contributed by atoms with Crippen LogP contribution in [0.3, 0.4) is 0 Å². The molecule has 0 saturated heterocycles. The molecule has 2 aromatic rings. The lowest BCUT2D eigenvalue weighted by atomic mass is 10.2. The molecule has 0 spiro atoms. The number of nitrogens with one attached hydrogen (secondary N) is 2. The zero-order chi connectivity index (χ0) is 12.3. The minimum atomic E-state index is 0.642. The van der Waals surface area contributed by atoms with Crippen molar-refractivity contribution in [1.82, 2.24) is 15.5 Å². The van der Waals surface area contributed by atoms with Gasteiger partial charge in [-0.05, 0) is 40.5 Å². The van der Waals surface area contributed by atoms with E-state index in [1.807, 2.05) is 18.3 Å². The molecular weight excluding hydrogens is 282 g/mol. The number of nitrogens with zero attached hydrogens (tertiary/aromatic N) is 1. The van der Waals surface area contributed by atoms with Gasteiger partial charge in [-0.25, -0.2) is 0 Å². The van der Waals surface area contributed by atoms with Crippen molar-refractivity contribution in [3.8, 4) is 11.5 Å². The van der Waals surface area contributed by atoms with E-state index in [0.29, 0.717) is 5.92 Å². The zero-order valence-corrected chi connectivity index (χ0v) is 11.5. The lowest BCUT2D eigenvalue weighted by Crippen LogP contribution is -2.18. The molecule has 2 rings (SSSR count). The lowest BCUT2D eigenvalue weighted by Gasteiger charge is -2.06. The van der Waals surface area contributed by atoms with Crippen LogP contribution in [0.2, 0.25) is 0 Å². The SMILES string of the molecule is CC(C)CNCc1cn[nH]c1-c1ccc(Br)o1. The first kappa shape index (κ1) is 12.4. The molecule has 0 bridgehead atoms. The van der Waals surface area contributed by atoms with Crippen LogP contribution in [-0.4, -0.2) is 16.7 Å². The Bertz CT molecular complexity index is 476. The Morgan fingerprint density at radius 2 is 2.29 bits per heavy atom. The second-order valence-corrected chi connectivity index (χ2v) is 5.18. The van der Waals surface area contributed by atoms with Crippen molar-refractivity contribution >= 4 is 15.9 Å².